The first kappa shape index (κ1) is 22.1. The zero-order valence-corrected chi connectivity index (χ0v) is 17.2. The molecule has 29 heavy (non-hydrogen) atoms. The van der Waals surface area contributed by atoms with Crippen LogP contribution < -0.4 is 0 Å². The molecule has 156 valence electrons. The molecule has 0 amide bonds. The first-order chi connectivity index (χ1) is 13.8. The molecule has 0 radical (unpaired) electrons. The van der Waals surface area contributed by atoms with Gasteiger partial charge in [0.25, 0.3) is 5.69 Å². The van der Waals surface area contributed by atoms with Crippen LogP contribution in [0.5, 0.6) is 0 Å². The van der Waals surface area contributed by atoms with Crippen molar-refractivity contribution in [3.05, 3.63) is 62.5 Å². The van der Waals surface area contributed by atoms with Gasteiger partial charge in [-0.25, -0.2) is 4.79 Å². The zero-order chi connectivity index (χ0) is 21.6. The van der Waals surface area contributed by atoms with Gasteiger partial charge in [0.15, 0.2) is 0 Å². The highest BCUT2D eigenvalue weighted by Gasteiger charge is 2.35. The average Bonchev–Trinajstić information content (AvgIpc) is 2.69. The maximum absolute atomic E-state index is 12.1. The van der Waals surface area contributed by atoms with Crippen molar-refractivity contribution in [1.82, 2.24) is 4.90 Å². The second-order valence-corrected chi connectivity index (χ2v) is 6.94. The number of unbranched alkanes of at least 4 members (excludes halogenated alkanes) is 1. The summed E-state index contributed by atoms with van der Waals surface area (Å²) in [6, 6.07) is 6.14. The molecule has 1 unspecified atom stereocenters. The topological polar surface area (TPSA) is 105 Å². The van der Waals surface area contributed by atoms with Gasteiger partial charge in [-0.3, -0.25) is 10.1 Å². The number of nitro benzene ring substituents is 1. The van der Waals surface area contributed by atoms with Crippen molar-refractivity contribution >= 4 is 17.9 Å². The lowest BCUT2D eigenvalue weighted by Gasteiger charge is -2.36. The standard InChI is InChI=1S/C21H27N3O5/c1-5-6-12-29-22-11-10-18-14(2)23(4)15(3)19(21(25)26)20(18)16-8-7-9-17(13-16)24(27)28/h7-9,11,13,20H,5-6,10,12H2,1-4H3,(H,25,26). The Morgan fingerprint density at radius 2 is 2.10 bits per heavy atom. The van der Waals surface area contributed by atoms with E-state index in [9.17, 15) is 20.0 Å². The number of aliphatic carboxylic acids is 1. The summed E-state index contributed by atoms with van der Waals surface area (Å²) in [5.74, 6) is -1.65. The maximum Gasteiger partial charge on any atom is 0.334 e. The summed E-state index contributed by atoms with van der Waals surface area (Å²) in [7, 11) is 1.81. The summed E-state index contributed by atoms with van der Waals surface area (Å²) in [6.07, 6.45) is 3.90. The minimum absolute atomic E-state index is 0.0719. The SMILES string of the molecule is CCCCON=CCC1=C(C)N(C)C(C)=C(C(=O)O)C1c1cccc([N+](=O)[O-])c1. The summed E-state index contributed by atoms with van der Waals surface area (Å²) in [5, 5.41) is 25.1. The Balaban J connectivity index is 2.48. The number of allylic oxidation sites excluding steroid dienone is 3. The van der Waals surface area contributed by atoms with Crippen LogP contribution >= 0.6 is 0 Å². The maximum atomic E-state index is 12.1. The summed E-state index contributed by atoms with van der Waals surface area (Å²) >= 11 is 0. The largest absolute Gasteiger partial charge is 0.478 e. The van der Waals surface area contributed by atoms with Gasteiger partial charge in [-0.2, -0.15) is 0 Å². The van der Waals surface area contributed by atoms with E-state index in [4.69, 9.17) is 4.84 Å². The Kier molecular flexibility index (Phi) is 7.52. The third-order valence-corrected chi connectivity index (χ3v) is 5.19. The molecule has 1 aromatic rings. The molecule has 1 heterocycles. The van der Waals surface area contributed by atoms with E-state index in [1.54, 1.807) is 25.3 Å². The number of carboxylic acids is 1. The van der Waals surface area contributed by atoms with Crippen molar-refractivity contribution < 1.29 is 19.7 Å². The summed E-state index contributed by atoms with van der Waals surface area (Å²) in [6.45, 7) is 6.24. The minimum atomic E-state index is -1.05. The van der Waals surface area contributed by atoms with Crippen molar-refractivity contribution in [3.63, 3.8) is 0 Å². The van der Waals surface area contributed by atoms with Gasteiger partial charge in [0.2, 0.25) is 0 Å². The highest BCUT2D eigenvalue weighted by atomic mass is 16.6. The van der Waals surface area contributed by atoms with E-state index in [1.165, 1.54) is 12.1 Å². The minimum Gasteiger partial charge on any atom is -0.478 e. The normalized spacial score (nSPS) is 17.2. The van der Waals surface area contributed by atoms with E-state index in [0.717, 1.165) is 24.1 Å². The summed E-state index contributed by atoms with van der Waals surface area (Å²) in [5.41, 5.74) is 3.01. The number of hydrogen-bond donors (Lipinski definition) is 1. The molecule has 1 N–H and O–H groups in total. The molecule has 1 aliphatic heterocycles. The second-order valence-electron chi connectivity index (χ2n) is 6.94. The number of oxime groups is 1. The Morgan fingerprint density at radius 3 is 2.72 bits per heavy atom. The van der Waals surface area contributed by atoms with Gasteiger partial charge in [-0.05, 0) is 31.4 Å². The number of nitrogens with zero attached hydrogens (tertiary/aromatic N) is 3. The van der Waals surface area contributed by atoms with Crippen LogP contribution in [0.2, 0.25) is 0 Å². The van der Waals surface area contributed by atoms with Crippen molar-refractivity contribution in [3.8, 4) is 0 Å². The number of non-ortho nitro benzene ring substituents is 1. The molecule has 0 aliphatic carbocycles. The van der Waals surface area contributed by atoms with Crippen LogP contribution in [0.25, 0.3) is 0 Å². The number of rotatable bonds is 9. The average molecular weight is 401 g/mol. The smallest absolute Gasteiger partial charge is 0.334 e. The Hall–Kier alpha value is -3.16. The van der Waals surface area contributed by atoms with Crippen LogP contribution in [0.1, 0.15) is 51.5 Å². The zero-order valence-electron chi connectivity index (χ0n) is 17.2. The molecular formula is C21H27N3O5. The Labute approximate surface area is 170 Å². The summed E-state index contributed by atoms with van der Waals surface area (Å²) in [4.78, 5) is 29.9. The van der Waals surface area contributed by atoms with Crippen molar-refractivity contribution in [1.29, 1.82) is 0 Å². The van der Waals surface area contributed by atoms with E-state index in [1.807, 2.05) is 18.9 Å². The fraction of sp³-hybridized carbons (Fsp3) is 0.429. The molecule has 0 fully saturated rings. The number of nitro groups is 1. The lowest BCUT2D eigenvalue weighted by molar-refractivity contribution is -0.384. The quantitative estimate of drug-likeness (QED) is 0.284. The van der Waals surface area contributed by atoms with E-state index in [-0.39, 0.29) is 11.3 Å². The fourth-order valence-corrected chi connectivity index (χ4v) is 3.42. The lowest BCUT2D eigenvalue weighted by atomic mass is 9.78. The molecule has 0 bridgehead atoms. The van der Waals surface area contributed by atoms with Crippen LogP contribution in [0.3, 0.4) is 0 Å². The van der Waals surface area contributed by atoms with E-state index in [0.29, 0.717) is 24.3 Å². The molecule has 0 spiro atoms. The predicted molar refractivity (Wildman–Crippen MR) is 111 cm³/mol. The monoisotopic (exact) mass is 401 g/mol. The van der Waals surface area contributed by atoms with Crippen molar-refractivity contribution in [2.24, 2.45) is 5.16 Å². The molecule has 0 saturated carbocycles. The van der Waals surface area contributed by atoms with Crippen LogP contribution in [-0.4, -0.2) is 40.8 Å². The number of benzene rings is 1. The van der Waals surface area contributed by atoms with Gasteiger partial charge >= 0.3 is 5.97 Å². The van der Waals surface area contributed by atoms with Gasteiger partial charge in [0.1, 0.15) is 6.61 Å². The molecule has 1 aromatic carbocycles. The molecule has 8 heteroatoms. The third kappa shape index (κ3) is 5.01. The predicted octanol–water partition coefficient (Wildman–Crippen LogP) is 4.45. The van der Waals surface area contributed by atoms with Crippen LogP contribution in [-0.2, 0) is 9.63 Å². The molecule has 2 rings (SSSR count). The first-order valence-corrected chi connectivity index (χ1v) is 9.55. The van der Waals surface area contributed by atoms with Gasteiger partial charge in [0.05, 0.1) is 10.5 Å². The third-order valence-electron chi connectivity index (χ3n) is 5.19. The van der Waals surface area contributed by atoms with Gasteiger partial charge in [-0.1, -0.05) is 30.6 Å². The van der Waals surface area contributed by atoms with Crippen LogP contribution in [0.4, 0.5) is 5.69 Å². The number of hydrogen-bond acceptors (Lipinski definition) is 6. The molecule has 0 aromatic heterocycles. The van der Waals surface area contributed by atoms with Gasteiger partial charge < -0.3 is 14.8 Å². The fourth-order valence-electron chi connectivity index (χ4n) is 3.42. The van der Waals surface area contributed by atoms with E-state index >= 15 is 0 Å². The molecule has 0 saturated heterocycles. The second kappa shape index (κ2) is 9.86. The summed E-state index contributed by atoms with van der Waals surface area (Å²) < 4.78 is 0. The van der Waals surface area contributed by atoms with Crippen molar-refractivity contribution in [2.75, 3.05) is 13.7 Å². The first-order valence-electron chi connectivity index (χ1n) is 9.55. The van der Waals surface area contributed by atoms with E-state index < -0.39 is 16.8 Å². The lowest BCUT2D eigenvalue weighted by Crippen LogP contribution is -2.29. The molecule has 1 aliphatic rings. The van der Waals surface area contributed by atoms with Crippen LogP contribution in [0, 0.1) is 10.1 Å². The molecule has 8 nitrogen and oxygen atoms in total. The Bertz CT molecular complexity index is 873. The molecule has 1 atom stereocenters. The highest BCUT2D eigenvalue weighted by molar-refractivity contribution is 5.91. The van der Waals surface area contributed by atoms with Crippen molar-refractivity contribution in [2.45, 2.75) is 46.0 Å². The van der Waals surface area contributed by atoms with Gasteiger partial charge in [-0.15, -0.1) is 0 Å². The van der Waals surface area contributed by atoms with Gasteiger partial charge in [0, 0.05) is 49.1 Å². The number of carboxylic acid groups (broad SMARTS) is 1. The van der Waals surface area contributed by atoms with E-state index in [2.05, 4.69) is 12.1 Å². The number of carbonyl (C=O) groups is 1. The molecular weight excluding hydrogens is 374 g/mol. The van der Waals surface area contributed by atoms with Crippen LogP contribution in [0.15, 0.2) is 52.0 Å². The Morgan fingerprint density at radius 1 is 1.38 bits per heavy atom. The highest BCUT2D eigenvalue weighted by Crippen LogP contribution is 2.43.